The lowest BCUT2D eigenvalue weighted by Gasteiger charge is -2.11. The van der Waals surface area contributed by atoms with Crippen molar-refractivity contribution < 1.29 is 22.0 Å². The van der Waals surface area contributed by atoms with Crippen LogP contribution in [0, 0.1) is 11.6 Å². The summed E-state index contributed by atoms with van der Waals surface area (Å²) in [7, 11) is -3.97. The molecule has 0 bridgehead atoms. The van der Waals surface area contributed by atoms with Crippen molar-refractivity contribution >= 4 is 15.9 Å². The Balaban J connectivity index is 2.57. The summed E-state index contributed by atoms with van der Waals surface area (Å²) in [6, 6.07) is 2.30. The van der Waals surface area contributed by atoms with Crippen LogP contribution in [-0.2, 0) is 14.8 Å². The zero-order valence-electron chi connectivity index (χ0n) is 11.8. The molecule has 1 rings (SSSR count). The molecule has 0 radical (unpaired) electrons. The van der Waals surface area contributed by atoms with Gasteiger partial charge in [0, 0.05) is 19.0 Å². The van der Waals surface area contributed by atoms with Gasteiger partial charge in [-0.3, -0.25) is 4.79 Å². The van der Waals surface area contributed by atoms with Gasteiger partial charge in [-0.1, -0.05) is 6.92 Å². The summed E-state index contributed by atoms with van der Waals surface area (Å²) >= 11 is 0. The molecule has 1 amide bonds. The summed E-state index contributed by atoms with van der Waals surface area (Å²) in [5.41, 5.74) is 0. The van der Waals surface area contributed by atoms with Crippen molar-refractivity contribution in [1.29, 1.82) is 0 Å². The first kappa shape index (κ1) is 17.5. The number of amides is 1. The van der Waals surface area contributed by atoms with Crippen LogP contribution in [0.15, 0.2) is 23.1 Å². The van der Waals surface area contributed by atoms with Crippen molar-refractivity contribution in [3.05, 3.63) is 29.8 Å². The van der Waals surface area contributed by atoms with Gasteiger partial charge in [0.2, 0.25) is 15.9 Å². The Morgan fingerprint density at radius 2 is 1.95 bits per heavy atom. The molecule has 0 saturated carbocycles. The van der Waals surface area contributed by atoms with Crippen LogP contribution in [0.2, 0.25) is 0 Å². The van der Waals surface area contributed by atoms with Gasteiger partial charge >= 0.3 is 0 Å². The van der Waals surface area contributed by atoms with E-state index in [1.807, 2.05) is 13.8 Å². The van der Waals surface area contributed by atoms with Crippen LogP contribution in [0.5, 0.6) is 0 Å². The third-order valence-electron chi connectivity index (χ3n) is 2.87. The summed E-state index contributed by atoms with van der Waals surface area (Å²) < 4.78 is 51.6. The van der Waals surface area contributed by atoms with E-state index in [0.717, 1.165) is 18.6 Å². The minimum absolute atomic E-state index is 0.0142. The molecule has 0 fully saturated rings. The topological polar surface area (TPSA) is 75.3 Å². The molecule has 5 nitrogen and oxygen atoms in total. The van der Waals surface area contributed by atoms with Crippen molar-refractivity contribution in [2.24, 2.45) is 0 Å². The van der Waals surface area contributed by atoms with Crippen molar-refractivity contribution in [3.8, 4) is 0 Å². The molecular weight excluding hydrogens is 302 g/mol. The fourth-order valence-electron chi connectivity index (χ4n) is 1.48. The van der Waals surface area contributed by atoms with Gasteiger partial charge < -0.3 is 5.32 Å². The fourth-order valence-corrected chi connectivity index (χ4v) is 2.52. The number of carbonyl (C=O) groups excluding carboxylic acids is 1. The molecule has 0 aliphatic heterocycles. The Morgan fingerprint density at radius 1 is 1.29 bits per heavy atom. The van der Waals surface area contributed by atoms with E-state index in [1.54, 1.807) is 0 Å². The number of benzene rings is 1. The average Bonchev–Trinajstić information content (AvgIpc) is 2.41. The minimum atomic E-state index is -3.97. The van der Waals surface area contributed by atoms with Gasteiger partial charge in [0.15, 0.2) is 11.6 Å². The molecule has 1 aromatic rings. The molecule has 0 aliphatic carbocycles. The molecule has 0 heterocycles. The van der Waals surface area contributed by atoms with E-state index >= 15 is 0 Å². The van der Waals surface area contributed by atoms with E-state index in [9.17, 15) is 22.0 Å². The third kappa shape index (κ3) is 5.39. The predicted octanol–water partition coefficient (Wildman–Crippen LogP) is 1.55. The first-order valence-electron chi connectivity index (χ1n) is 6.50. The third-order valence-corrected chi connectivity index (χ3v) is 4.32. The molecule has 118 valence electrons. The van der Waals surface area contributed by atoms with E-state index in [1.165, 1.54) is 0 Å². The molecular formula is C13H18F2N2O3S. The second-order valence-electron chi connectivity index (χ2n) is 4.60. The molecule has 1 aromatic carbocycles. The summed E-state index contributed by atoms with van der Waals surface area (Å²) in [4.78, 5) is 11.1. The molecule has 1 unspecified atom stereocenters. The van der Waals surface area contributed by atoms with Crippen LogP contribution < -0.4 is 10.0 Å². The van der Waals surface area contributed by atoms with E-state index in [4.69, 9.17) is 0 Å². The van der Waals surface area contributed by atoms with Gasteiger partial charge in [-0.15, -0.1) is 0 Å². The quantitative estimate of drug-likeness (QED) is 0.800. The summed E-state index contributed by atoms with van der Waals surface area (Å²) in [5, 5.41) is 2.69. The summed E-state index contributed by atoms with van der Waals surface area (Å²) in [5.74, 6) is -2.65. The second-order valence-corrected chi connectivity index (χ2v) is 6.37. The van der Waals surface area contributed by atoms with Crippen LogP contribution >= 0.6 is 0 Å². The van der Waals surface area contributed by atoms with Crippen molar-refractivity contribution in [1.82, 2.24) is 10.0 Å². The molecule has 2 N–H and O–H groups in total. The highest BCUT2D eigenvalue weighted by Crippen LogP contribution is 2.13. The zero-order valence-corrected chi connectivity index (χ0v) is 12.6. The number of hydrogen-bond donors (Lipinski definition) is 2. The Labute approximate surface area is 122 Å². The van der Waals surface area contributed by atoms with Gasteiger partial charge in [-0.2, -0.15) is 0 Å². The maximum absolute atomic E-state index is 13.0. The lowest BCUT2D eigenvalue weighted by molar-refractivity contribution is -0.121. The summed E-state index contributed by atoms with van der Waals surface area (Å²) in [6.07, 6.45) is 0.736. The maximum atomic E-state index is 13.0. The highest BCUT2D eigenvalue weighted by molar-refractivity contribution is 7.89. The monoisotopic (exact) mass is 320 g/mol. The molecule has 8 heteroatoms. The smallest absolute Gasteiger partial charge is 0.240 e. The molecule has 0 saturated heterocycles. The van der Waals surface area contributed by atoms with E-state index in [-0.39, 0.29) is 29.8 Å². The van der Waals surface area contributed by atoms with E-state index < -0.39 is 21.7 Å². The lowest BCUT2D eigenvalue weighted by atomic mass is 10.2. The normalized spacial score (nSPS) is 13.0. The maximum Gasteiger partial charge on any atom is 0.240 e. The summed E-state index contributed by atoms with van der Waals surface area (Å²) in [6.45, 7) is 3.63. The number of sulfonamides is 1. The lowest BCUT2D eigenvalue weighted by Crippen LogP contribution is -2.35. The first-order chi connectivity index (χ1) is 9.76. The minimum Gasteiger partial charge on any atom is -0.354 e. The van der Waals surface area contributed by atoms with Crippen molar-refractivity contribution in [2.45, 2.75) is 37.6 Å². The highest BCUT2D eigenvalue weighted by Gasteiger charge is 2.16. The van der Waals surface area contributed by atoms with Crippen LogP contribution in [-0.4, -0.2) is 26.9 Å². The Morgan fingerprint density at radius 3 is 2.52 bits per heavy atom. The Hall–Kier alpha value is -1.54. The average molecular weight is 320 g/mol. The Kier molecular flexibility index (Phi) is 6.22. The Bertz CT molecular complexity index is 605. The number of carbonyl (C=O) groups is 1. The zero-order chi connectivity index (χ0) is 16.0. The van der Waals surface area contributed by atoms with Gasteiger partial charge in [-0.25, -0.2) is 21.9 Å². The fraction of sp³-hybridized carbons (Fsp3) is 0.462. The molecule has 21 heavy (non-hydrogen) atoms. The van der Waals surface area contributed by atoms with Gasteiger partial charge in [0.1, 0.15) is 0 Å². The van der Waals surface area contributed by atoms with Crippen LogP contribution in [0.4, 0.5) is 8.78 Å². The standard InChI is InChI=1S/C13H18F2N2O3S/c1-3-9(2)17-13(18)6-7-16-21(19,20)10-4-5-11(14)12(15)8-10/h4-5,8-9,16H,3,6-7H2,1-2H3,(H,17,18). The largest absolute Gasteiger partial charge is 0.354 e. The number of rotatable bonds is 7. The number of nitrogens with one attached hydrogen (secondary N) is 2. The van der Waals surface area contributed by atoms with Gasteiger partial charge in [-0.05, 0) is 31.5 Å². The molecule has 0 aromatic heterocycles. The van der Waals surface area contributed by atoms with Crippen molar-refractivity contribution in [2.75, 3.05) is 6.54 Å². The molecule has 1 atom stereocenters. The molecule has 0 spiro atoms. The van der Waals surface area contributed by atoms with Crippen LogP contribution in [0.25, 0.3) is 0 Å². The van der Waals surface area contributed by atoms with E-state index in [2.05, 4.69) is 10.0 Å². The van der Waals surface area contributed by atoms with Crippen molar-refractivity contribution in [3.63, 3.8) is 0 Å². The highest BCUT2D eigenvalue weighted by atomic mass is 32.2. The number of hydrogen-bond acceptors (Lipinski definition) is 3. The van der Waals surface area contributed by atoms with Crippen LogP contribution in [0.3, 0.4) is 0 Å². The van der Waals surface area contributed by atoms with Gasteiger partial charge in [0.05, 0.1) is 4.90 Å². The van der Waals surface area contributed by atoms with E-state index in [0.29, 0.717) is 6.07 Å². The predicted molar refractivity (Wildman–Crippen MR) is 74.1 cm³/mol. The van der Waals surface area contributed by atoms with Gasteiger partial charge in [0.25, 0.3) is 0 Å². The first-order valence-corrected chi connectivity index (χ1v) is 7.98. The van der Waals surface area contributed by atoms with Crippen LogP contribution in [0.1, 0.15) is 26.7 Å². The SMILES string of the molecule is CCC(C)NC(=O)CCNS(=O)(=O)c1ccc(F)c(F)c1. The molecule has 0 aliphatic rings. The second kappa shape index (κ2) is 7.46. The number of halogens is 2.